The van der Waals surface area contributed by atoms with Crippen LogP contribution in [-0.2, 0) is 9.53 Å². The molecular weight excluding hydrogens is 275 g/mol. The number of methoxy groups -OCH3 is 1. The van der Waals surface area contributed by atoms with Crippen LogP contribution in [0.1, 0.15) is 11.5 Å². The van der Waals surface area contributed by atoms with E-state index in [9.17, 15) is 18.0 Å². The van der Waals surface area contributed by atoms with Crippen LogP contribution < -0.4 is 5.32 Å². The first-order valence-electron chi connectivity index (χ1n) is 5.94. The predicted molar refractivity (Wildman–Crippen MR) is 66.1 cm³/mol. The Morgan fingerprint density at radius 3 is 2.40 bits per heavy atom. The average molecular weight is 291 g/mol. The molecule has 7 heteroatoms. The van der Waals surface area contributed by atoms with E-state index in [4.69, 9.17) is 5.11 Å². The van der Waals surface area contributed by atoms with E-state index in [1.165, 1.54) is 7.11 Å². The lowest BCUT2D eigenvalue weighted by atomic mass is 9.99. The van der Waals surface area contributed by atoms with Crippen LogP contribution in [0.5, 0.6) is 0 Å². The van der Waals surface area contributed by atoms with Crippen molar-refractivity contribution >= 4 is 5.97 Å². The van der Waals surface area contributed by atoms with Gasteiger partial charge in [0, 0.05) is 13.1 Å². The third-order valence-corrected chi connectivity index (χ3v) is 2.75. The molecule has 0 amide bonds. The van der Waals surface area contributed by atoms with Crippen LogP contribution in [0.3, 0.4) is 0 Å². The van der Waals surface area contributed by atoms with E-state index in [-0.39, 0.29) is 6.54 Å². The molecule has 0 saturated carbocycles. The number of aliphatic hydroxyl groups excluding tert-OH is 1. The second kappa shape index (κ2) is 7.25. The molecule has 1 aromatic carbocycles. The van der Waals surface area contributed by atoms with Gasteiger partial charge >= 0.3 is 12.1 Å². The van der Waals surface area contributed by atoms with Crippen molar-refractivity contribution in [2.24, 2.45) is 0 Å². The summed E-state index contributed by atoms with van der Waals surface area (Å²) in [6.45, 7) is -0.729. The number of esters is 1. The highest BCUT2D eigenvalue weighted by Gasteiger charge is 2.37. The molecule has 0 spiro atoms. The van der Waals surface area contributed by atoms with Crippen LogP contribution in [0.25, 0.3) is 0 Å². The largest absolute Gasteiger partial charge is 0.469 e. The van der Waals surface area contributed by atoms with E-state index < -0.39 is 30.7 Å². The molecule has 0 bridgehead atoms. The summed E-state index contributed by atoms with van der Waals surface area (Å²) in [6, 6.07) is 8.57. The van der Waals surface area contributed by atoms with Gasteiger partial charge in [-0.15, -0.1) is 0 Å². The molecule has 0 fully saturated rings. The maximum absolute atomic E-state index is 12.1. The zero-order chi connectivity index (χ0) is 15.2. The second-order valence-electron chi connectivity index (χ2n) is 4.20. The number of aliphatic hydroxyl groups is 1. The van der Waals surface area contributed by atoms with Crippen LogP contribution in [-0.4, -0.2) is 43.6 Å². The van der Waals surface area contributed by atoms with Gasteiger partial charge in [-0.2, -0.15) is 13.2 Å². The number of ether oxygens (including phenoxy) is 1. The van der Waals surface area contributed by atoms with Crippen molar-refractivity contribution in [1.82, 2.24) is 5.32 Å². The Bertz CT molecular complexity index is 423. The molecule has 0 radical (unpaired) electrons. The van der Waals surface area contributed by atoms with Gasteiger partial charge in [0.15, 0.2) is 6.10 Å². The van der Waals surface area contributed by atoms with Crippen molar-refractivity contribution in [3.05, 3.63) is 35.9 Å². The van der Waals surface area contributed by atoms with E-state index in [2.05, 4.69) is 10.1 Å². The highest BCUT2D eigenvalue weighted by molar-refractivity contribution is 5.78. The number of rotatable bonds is 6. The molecule has 20 heavy (non-hydrogen) atoms. The quantitative estimate of drug-likeness (QED) is 0.779. The molecule has 2 atom stereocenters. The minimum absolute atomic E-state index is 0.0518. The Labute approximate surface area is 114 Å². The van der Waals surface area contributed by atoms with E-state index >= 15 is 0 Å². The monoisotopic (exact) mass is 291 g/mol. The van der Waals surface area contributed by atoms with Gasteiger partial charge in [0.2, 0.25) is 0 Å². The molecule has 2 unspecified atom stereocenters. The number of alkyl halides is 3. The first-order chi connectivity index (χ1) is 9.36. The van der Waals surface area contributed by atoms with Gasteiger partial charge in [0.05, 0.1) is 13.0 Å². The summed E-state index contributed by atoms with van der Waals surface area (Å²) in [5.41, 5.74) is 0.633. The highest BCUT2D eigenvalue weighted by Crippen LogP contribution is 2.20. The third-order valence-electron chi connectivity index (χ3n) is 2.75. The summed E-state index contributed by atoms with van der Waals surface area (Å²) >= 11 is 0. The average Bonchev–Trinajstić information content (AvgIpc) is 2.42. The Kier molecular flexibility index (Phi) is 5.97. The number of hydrogen-bond donors (Lipinski definition) is 2. The summed E-state index contributed by atoms with van der Waals surface area (Å²) in [6.07, 6.45) is -7.14. The molecule has 0 saturated heterocycles. The van der Waals surface area contributed by atoms with Gasteiger partial charge in [-0.05, 0) is 5.56 Å². The Morgan fingerprint density at radius 1 is 1.30 bits per heavy atom. The Balaban J connectivity index is 2.62. The van der Waals surface area contributed by atoms with E-state index in [1.807, 2.05) is 0 Å². The zero-order valence-corrected chi connectivity index (χ0v) is 10.9. The van der Waals surface area contributed by atoms with E-state index in [1.54, 1.807) is 30.3 Å². The predicted octanol–water partition coefficient (Wildman–Crippen LogP) is 1.46. The Morgan fingerprint density at radius 2 is 1.90 bits per heavy atom. The topological polar surface area (TPSA) is 58.6 Å². The number of nitrogens with one attached hydrogen (secondary N) is 1. The SMILES string of the molecule is COC(=O)C(CNCC(O)C(F)(F)F)c1ccccc1. The molecule has 0 aliphatic heterocycles. The molecule has 4 nitrogen and oxygen atoms in total. The van der Waals surface area contributed by atoms with Crippen LogP contribution in [0.15, 0.2) is 30.3 Å². The molecule has 0 aliphatic rings. The third kappa shape index (κ3) is 4.82. The van der Waals surface area contributed by atoms with Gasteiger partial charge in [-0.25, -0.2) is 0 Å². The number of halogens is 3. The fourth-order valence-corrected chi connectivity index (χ4v) is 1.64. The molecule has 1 aromatic rings. The fourth-order valence-electron chi connectivity index (χ4n) is 1.64. The lowest BCUT2D eigenvalue weighted by molar-refractivity contribution is -0.201. The molecule has 0 aromatic heterocycles. The number of hydrogen-bond acceptors (Lipinski definition) is 4. The highest BCUT2D eigenvalue weighted by atomic mass is 19.4. The zero-order valence-electron chi connectivity index (χ0n) is 10.9. The summed E-state index contributed by atoms with van der Waals surface area (Å²) in [5, 5.41) is 11.3. The lowest BCUT2D eigenvalue weighted by Crippen LogP contribution is -2.40. The molecule has 112 valence electrons. The Hall–Kier alpha value is -1.60. The van der Waals surface area contributed by atoms with Crippen LogP contribution >= 0.6 is 0 Å². The molecule has 2 N–H and O–H groups in total. The fraction of sp³-hybridized carbons (Fsp3) is 0.462. The number of carbonyl (C=O) groups is 1. The van der Waals surface area contributed by atoms with Gasteiger partial charge in [-0.3, -0.25) is 4.79 Å². The molecule has 0 heterocycles. The maximum atomic E-state index is 12.1. The van der Waals surface area contributed by atoms with Crippen LogP contribution in [0, 0.1) is 0 Å². The van der Waals surface area contributed by atoms with Crippen molar-refractivity contribution in [2.45, 2.75) is 18.2 Å². The van der Waals surface area contributed by atoms with Gasteiger partial charge < -0.3 is 15.2 Å². The molecular formula is C13H16F3NO3. The smallest absolute Gasteiger partial charge is 0.415 e. The van der Waals surface area contributed by atoms with Gasteiger partial charge in [0.25, 0.3) is 0 Å². The molecule has 0 aliphatic carbocycles. The van der Waals surface area contributed by atoms with Crippen molar-refractivity contribution in [3.8, 4) is 0 Å². The summed E-state index contributed by atoms with van der Waals surface area (Å²) in [7, 11) is 1.21. The van der Waals surface area contributed by atoms with Crippen molar-refractivity contribution in [1.29, 1.82) is 0 Å². The van der Waals surface area contributed by atoms with E-state index in [0.717, 1.165) is 0 Å². The second-order valence-corrected chi connectivity index (χ2v) is 4.20. The lowest BCUT2D eigenvalue weighted by Gasteiger charge is -2.18. The standard InChI is InChI=1S/C13H16F3NO3/c1-20-12(19)10(9-5-3-2-4-6-9)7-17-8-11(18)13(14,15)16/h2-6,10-11,17-18H,7-8H2,1H3. The van der Waals surface area contributed by atoms with Gasteiger partial charge in [-0.1, -0.05) is 30.3 Å². The summed E-state index contributed by atoms with van der Waals surface area (Å²) in [4.78, 5) is 11.6. The first-order valence-corrected chi connectivity index (χ1v) is 5.94. The van der Waals surface area contributed by atoms with Crippen molar-refractivity contribution in [3.63, 3.8) is 0 Å². The van der Waals surface area contributed by atoms with Gasteiger partial charge in [0.1, 0.15) is 0 Å². The number of carbonyl (C=O) groups excluding carboxylic acids is 1. The minimum atomic E-state index is -4.68. The number of benzene rings is 1. The normalized spacial score (nSPS) is 14.7. The van der Waals surface area contributed by atoms with E-state index in [0.29, 0.717) is 5.56 Å². The maximum Gasteiger partial charge on any atom is 0.415 e. The van der Waals surface area contributed by atoms with Crippen LogP contribution in [0.4, 0.5) is 13.2 Å². The molecule has 1 rings (SSSR count). The minimum Gasteiger partial charge on any atom is -0.469 e. The summed E-state index contributed by atoms with van der Waals surface area (Å²) in [5.74, 6) is -1.27. The van der Waals surface area contributed by atoms with Crippen molar-refractivity contribution in [2.75, 3.05) is 20.2 Å². The van der Waals surface area contributed by atoms with Crippen LogP contribution in [0.2, 0.25) is 0 Å². The summed E-state index contributed by atoms with van der Waals surface area (Å²) < 4.78 is 41.0. The van der Waals surface area contributed by atoms with Crippen molar-refractivity contribution < 1.29 is 27.8 Å². The first kappa shape index (κ1) is 16.5.